The van der Waals surface area contributed by atoms with Gasteiger partial charge in [-0.3, -0.25) is 4.79 Å². The van der Waals surface area contributed by atoms with Crippen LogP contribution in [0.4, 0.5) is 0 Å². The van der Waals surface area contributed by atoms with Crippen molar-refractivity contribution in [1.82, 2.24) is 0 Å². The molecule has 0 fully saturated rings. The molecule has 0 aromatic heterocycles. The number of carbonyl (C=O) groups excluding carboxylic acids is 1. The maximum atomic E-state index is 11.2. The minimum atomic E-state index is -0.982. The van der Waals surface area contributed by atoms with Crippen LogP contribution in [0, 0.1) is 10.8 Å². The van der Waals surface area contributed by atoms with Crippen LogP contribution in [0.3, 0.4) is 0 Å². The van der Waals surface area contributed by atoms with E-state index in [1.165, 1.54) is 0 Å². The molecule has 2 rings (SSSR count). The van der Waals surface area contributed by atoms with Gasteiger partial charge in [-0.2, -0.15) is 0 Å². The van der Waals surface area contributed by atoms with E-state index in [0.717, 1.165) is 11.1 Å². The molecule has 11 nitrogen and oxygen atoms in total. The summed E-state index contributed by atoms with van der Waals surface area (Å²) in [5.74, 6) is -0.373. The minimum absolute atomic E-state index is 0. The van der Waals surface area contributed by atoms with Gasteiger partial charge < -0.3 is 49.2 Å². The number of ether oxygens (including phenoxy) is 5. The van der Waals surface area contributed by atoms with Crippen LogP contribution >= 0.6 is 0 Å². The van der Waals surface area contributed by atoms with Gasteiger partial charge in [0.25, 0.3) is 0 Å². The standard InChI is InChI=1S/C17H26O6.C14H22O5/c1-2-16(20)23-14-17(11-18,12-19)13-22-9-8-21-10-15-6-4-3-5-7-15;15-9-14(10-16,11-17)12-19-7-6-18-8-13-4-2-1-3-5-13/h3-7,18-19H,2,8-14H2,1H3;1-5,15-17H,6-12H2/p+1. The third-order valence-electron chi connectivity index (χ3n) is 6.29. The van der Waals surface area contributed by atoms with E-state index in [-0.39, 0.29) is 66.7 Å². The summed E-state index contributed by atoms with van der Waals surface area (Å²) < 4.78 is 26.7. The van der Waals surface area contributed by atoms with Crippen LogP contribution in [0.15, 0.2) is 60.7 Å². The molecule has 2 aromatic rings. The zero-order valence-electron chi connectivity index (χ0n) is 25.6. The van der Waals surface area contributed by atoms with E-state index in [0.29, 0.717) is 39.6 Å². The minimum Gasteiger partial charge on any atom is -0.465 e. The molecule has 0 aliphatic rings. The van der Waals surface area contributed by atoms with Gasteiger partial charge in [-0.15, -0.1) is 0 Å². The third kappa shape index (κ3) is 15.7. The lowest BCUT2D eigenvalue weighted by molar-refractivity contribution is -0.152. The number of rotatable bonds is 22. The van der Waals surface area contributed by atoms with E-state index in [4.69, 9.17) is 39.0 Å². The van der Waals surface area contributed by atoms with Crippen molar-refractivity contribution in [1.29, 1.82) is 0 Å². The molecule has 238 valence electrons. The highest BCUT2D eigenvalue weighted by Crippen LogP contribution is 2.18. The molecule has 0 spiro atoms. The van der Waals surface area contributed by atoms with Crippen molar-refractivity contribution in [3.63, 3.8) is 0 Å². The van der Waals surface area contributed by atoms with E-state index in [1.807, 2.05) is 60.7 Å². The maximum absolute atomic E-state index is 11.2. The molecule has 0 aliphatic heterocycles. The van der Waals surface area contributed by atoms with Gasteiger partial charge in [-0.1, -0.05) is 67.6 Å². The molecule has 0 radical (unpaired) electrons. The summed E-state index contributed by atoms with van der Waals surface area (Å²) in [7, 11) is 0. The first-order valence-electron chi connectivity index (χ1n) is 14.0. The second kappa shape index (κ2) is 23.1. The summed E-state index contributed by atoms with van der Waals surface area (Å²) >= 11 is 0. The first-order valence-corrected chi connectivity index (χ1v) is 14.0. The second-order valence-electron chi connectivity index (χ2n) is 9.99. The average molecular weight is 598 g/mol. The highest BCUT2D eigenvalue weighted by atomic mass is 16.5. The topological polar surface area (TPSA) is 164 Å². The number of hydrogen-bond acceptors (Lipinski definition) is 11. The molecule has 42 heavy (non-hydrogen) atoms. The fourth-order valence-electron chi connectivity index (χ4n) is 3.24. The molecular weight excluding hydrogens is 548 g/mol. The van der Waals surface area contributed by atoms with E-state index in [2.05, 4.69) is 0 Å². The van der Waals surface area contributed by atoms with Gasteiger partial charge in [-0.25, -0.2) is 0 Å². The highest BCUT2D eigenvalue weighted by molar-refractivity contribution is 5.68. The molecule has 11 heteroatoms. The summed E-state index contributed by atoms with van der Waals surface area (Å²) in [6.07, 6.45) is 0.251. The molecule has 0 heterocycles. The van der Waals surface area contributed by atoms with Crippen LogP contribution in [0.25, 0.3) is 0 Å². The van der Waals surface area contributed by atoms with Crippen molar-refractivity contribution >= 4 is 5.97 Å². The number of aliphatic hydroxyl groups excluding tert-OH is 5. The van der Waals surface area contributed by atoms with Gasteiger partial charge in [0.05, 0.1) is 96.7 Å². The molecule has 2 aromatic carbocycles. The molecule has 0 unspecified atom stereocenters. The summed E-state index contributed by atoms with van der Waals surface area (Å²) in [4.78, 5) is 11.2. The van der Waals surface area contributed by atoms with Gasteiger partial charge in [0.15, 0.2) is 0 Å². The van der Waals surface area contributed by atoms with Crippen LogP contribution < -0.4 is 0 Å². The number of esters is 1. The molecule has 0 bridgehead atoms. The summed E-state index contributed by atoms with van der Waals surface area (Å²) in [5, 5.41) is 46.2. The van der Waals surface area contributed by atoms with Crippen molar-refractivity contribution in [2.24, 2.45) is 10.8 Å². The van der Waals surface area contributed by atoms with Crippen LogP contribution in [0.1, 0.15) is 25.9 Å². The van der Waals surface area contributed by atoms with E-state index in [9.17, 15) is 15.0 Å². The molecule has 5 N–H and O–H groups in total. The Morgan fingerprint density at radius 3 is 1.36 bits per heavy atom. The van der Waals surface area contributed by atoms with Gasteiger partial charge in [-0.05, 0) is 11.1 Å². The molecule has 0 saturated heterocycles. The second-order valence-corrected chi connectivity index (χ2v) is 9.99. The first kappa shape index (κ1) is 37.6. The largest absolute Gasteiger partial charge is 1.00 e. The predicted octanol–water partition coefficient (Wildman–Crippen LogP) is 1.44. The van der Waals surface area contributed by atoms with Gasteiger partial charge in [0, 0.05) is 6.42 Å². The van der Waals surface area contributed by atoms with Crippen molar-refractivity contribution in [2.75, 3.05) is 79.3 Å². The Hall–Kier alpha value is -2.45. The Morgan fingerprint density at radius 2 is 0.976 bits per heavy atom. The summed E-state index contributed by atoms with van der Waals surface area (Å²) in [6.45, 7) is 2.74. The molecule has 0 aliphatic carbocycles. The van der Waals surface area contributed by atoms with Crippen LogP contribution in [-0.2, 0) is 41.7 Å². The molecular formula is C31H49O11+. The SMILES string of the molecule is CCC(=O)OCC(CO)(CO)COCCOCc1ccccc1.OCC(CO)(CO)COCCOCc1ccccc1.[H+]. The van der Waals surface area contributed by atoms with Crippen molar-refractivity contribution in [3.05, 3.63) is 71.8 Å². The summed E-state index contributed by atoms with van der Waals surface area (Å²) in [5.41, 5.74) is 0.223. The third-order valence-corrected chi connectivity index (χ3v) is 6.29. The lowest BCUT2D eigenvalue weighted by Gasteiger charge is -2.28. The fourth-order valence-corrected chi connectivity index (χ4v) is 3.24. The Morgan fingerprint density at radius 1 is 0.595 bits per heavy atom. The maximum Gasteiger partial charge on any atom is 1.00 e. The molecule has 0 amide bonds. The van der Waals surface area contributed by atoms with Gasteiger partial charge >= 0.3 is 7.40 Å². The fraction of sp³-hybridized carbons (Fsp3) is 0.581. The monoisotopic (exact) mass is 597 g/mol. The molecule has 0 atom stereocenters. The van der Waals surface area contributed by atoms with Crippen LogP contribution in [-0.4, -0.2) is 111 Å². The Kier molecular flexibility index (Phi) is 20.6. The lowest BCUT2D eigenvalue weighted by Crippen LogP contribution is -2.40. The highest BCUT2D eigenvalue weighted by Gasteiger charge is 2.31. The van der Waals surface area contributed by atoms with E-state index in [1.54, 1.807) is 6.92 Å². The predicted molar refractivity (Wildman–Crippen MR) is 156 cm³/mol. The average Bonchev–Trinajstić information content (AvgIpc) is 3.05. The number of carbonyl (C=O) groups is 1. The zero-order valence-corrected chi connectivity index (χ0v) is 24.6. The van der Waals surface area contributed by atoms with Crippen molar-refractivity contribution in [2.45, 2.75) is 26.6 Å². The van der Waals surface area contributed by atoms with Gasteiger partial charge in [0.1, 0.15) is 6.61 Å². The quantitative estimate of drug-likeness (QED) is 0.0985. The van der Waals surface area contributed by atoms with E-state index >= 15 is 0 Å². The Labute approximate surface area is 250 Å². The smallest absolute Gasteiger partial charge is 0.465 e. The summed E-state index contributed by atoms with van der Waals surface area (Å²) in [6, 6.07) is 19.6. The Bertz CT molecular complexity index is 902. The normalized spacial score (nSPS) is 11.6. The number of hydrogen-bond donors (Lipinski definition) is 5. The number of aliphatic hydroxyl groups is 5. The van der Waals surface area contributed by atoms with Crippen molar-refractivity contribution < 1.29 is 55.4 Å². The first-order chi connectivity index (χ1) is 20.4. The van der Waals surface area contributed by atoms with Crippen molar-refractivity contribution in [3.8, 4) is 0 Å². The number of benzene rings is 2. The Balaban J connectivity index is 0.000000815. The lowest BCUT2D eigenvalue weighted by atomic mass is 9.92. The molecule has 0 saturated carbocycles. The zero-order chi connectivity index (χ0) is 30.9. The van der Waals surface area contributed by atoms with Crippen LogP contribution in [0.5, 0.6) is 0 Å². The van der Waals surface area contributed by atoms with Crippen LogP contribution in [0.2, 0.25) is 0 Å². The van der Waals surface area contributed by atoms with Gasteiger partial charge in [0.2, 0.25) is 0 Å². The van der Waals surface area contributed by atoms with E-state index < -0.39 is 10.8 Å².